The Bertz CT molecular complexity index is 103. The largest absolute Gasteiger partial charge is 0.0885 e. The van der Waals surface area contributed by atoms with Crippen molar-refractivity contribution in [2.45, 2.75) is 39.0 Å². The number of allylic oxidation sites excluding steroid dienone is 2. The summed E-state index contributed by atoms with van der Waals surface area (Å²) in [5.41, 5.74) is 0. The minimum absolute atomic E-state index is 0.878. The van der Waals surface area contributed by atoms with E-state index >= 15 is 0 Å². The highest BCUT2D eigenvalue weighted by molar-refractivity contribution is 4.91. The summed E-state index contributed by atoms with van der Waals surface area (Å²) in [6, 6.07) is 0. The Kier molecular flexibility index (Phi) is 3.56. The molecule has 0 aromatic rings. The van der Waals surface area contributed by atoms with Gasteiger partial charge in [0.05, 0.1) is 0 Å². The summed E-state index contributed by atoms with van der Waals surface area (Å²) in [4.78, 5) is 0. The molecule has 1 rings (SSSR count). The van der Waals surface area contributed by atoms with Crippen molar-refractivity contribution < 1.29 is 0 Å². The van der Waals surface area contributed by atoms with Gasteiger partial charge in [-0.3, -0.25) is 0 Å². The van der Waals surface area contributed by atoms with Crippen molar-refractivity contribution in [2.75, 3.05) is 0 Å². The smallest absolute Gasteiger partial charge is 0.0319 e. The van der Waals surface area contributed by atoms with Gasteiger partial charge in [-0.1, -0.05) is 25.5 Å². The summed E-state index contributed by atoms with van der Waals surface area (Å²) in [6.45, 7) is 2.23. The van der Waals surface area contributed by atoms with Crippen LogP contribution in [0, 0.1) is 12.3 Å². The van der Waals surface area contributed by atoms with Crippen LogP contribution in [-0.4, -0.2) is 0 Å². The van der Waals surface area contributed by atoms with E-state index in [9.17, 15) is 0 Å². The van der Waals surface area contributed by atoms with E-state index < -0.39 is 0 Å². The summed E-state index contributed by atoms with van der Waals surface area (Å²) < 4.78 is 0. The molecule has 1 atom stereocenters. The molecular formula is C10H17. The lowest BCUT2D eigenvalue weighted by atomic mass is 9.96. The van der Waals surface area contributed by atoms with E-state index in [4.69, 9.17) is 0 Å². The third-order valence-electron chi connectivity index (χ3n) is 2.12. The highest BCUT2D eigenvalue weighted by atomic mass is 14.1. The minimum atomic E-state index is 0.878. The van der Waals surface area contributed by atoms with Crippen LogP contribution in [0.3, 0.4) is 0 Å². The quantitative estimate of drug-likeness (QED) is 0.512. The van der Waals surface area contributed by atoms with Gasteiger partial charge in [-0.15, -0.1) is 0 Å². The van der Waals surface area contributed by atoms with Gasteiger partial charge in [-0.05, 0) is 38.0 Å². The van der Waals surface area contributed by atoms with Gasteiger partial charge in [0.25, 0.3) is 0 Å². The molecule has 10 heavy (non-hydrogen) atoms. The van der Waals surface area contributed by atoms with Crippen LogP contribution in [0.4, 0.5) is 0 Å². The lowest BCUT2D eigenvalue weighted by Gasteiger charge is -2.09. The molecule has 0 N–H and O–H groups in total. The predicted molar refractivity (Wildman–Crippen MR) is 45.7 cm³/mol. The Morgan fingerprint density at radius 3 is 3.20 bits per heavy atom. The van der Waals surface area contributed by atoms with Gasteiger partial charge >= 0.3 is 0 Å². The first-order valence-electron chi connectivity index (χ1n) is 4.42. The predicted octanol–water partition coefficient (Wildman–Crippen LogP) is 3.35. The van der Waals surface area contributed by atoms with Crippen LogP contribution in [0.5, 0.6) is 0 Å². The molecule has 0 saturated heterocycles. The van der Waals surface area contributed by atoms with Crippen molar-refractivity contribution in [3.05, 3.63) is 18.6 Å². The van der Waals surface area contributed by atoms with Crippen molar-refractivity contribution in [1.82, 2.24) is 0 Å². The average molecular weight is 137 g/mol. The summed E-state index contributed by atoms with van der Waals surface area (Å²) in [7, 11) is 0. The molecular weight excluding hydrogens is 120 g/mol. The minimum Gasteiger partial charge on any atom is -0.0885 e. The maximum atomic E-state index is 2.45. The van der Waals surface area contributed by atoms with Crippen LogP contribution in [0.1, 0.15) is 39.0 Å². The summed E-state index contributed by atoms with van der Waals surface area (Å²) >= 11 is 0. The monoisotopic (exact) mass is 137 g/mol. The van der Waals surface area contributed by atoms with Crippen LogP contribution in [-0.2, 0) is 0 Å². The van der Waals surface area contributed by atoms with Crippen LogP contribution < -0.4 is 0 Å². The van der Waals surface area contributed by atoms with Crippen molar-refractivity contribution in [3.8, 4) is 0 Å². The fourth-order valence-corrected chi connectivity index (χ4v) is 1.55. The van der Waals surface area contributed by atoms with Gasteiger partial charge in [-0.25, -0.2) is 0 Å². The molecule has 1 aliphatic carbocycles. The molecule has 0 aliphatic heterocycles. The molecule has 0 amide bonds. The third kappa shape index (κ3) is 2.55. The zero-order valence-corrected chi connectivity index (χ0v) is 6.84. The van der Waals surface area contributed by atoms with Gasteiger partial charge in [0, 0.05) is 0 Å². The first-order valence-corrected chi connectivity index (χ1v) is 4.42. The lowest BCUT2D eigenvalue weighted by Crippen LogP contribution is -1.97. The molecule has 0 fully saturated rings. The fraction of sp³-hybridized carbons (Fsp3) is 0.700. The van der Waals surface area contributed by atoms with Crippen LogP contribution in [0.2, 0.25) is 0 Å². The molecule has 0 heterocycles. The fourth-order valence-electron chi connectivity index (χ4n) is 1.55. The van der Waals surface area contributed by atoms with E-state index in [-0.39, 0.29) is 0 Å². The molecule has 0 spiro atoms. The highest BCUT2D eigenvalue weighted by Crippen LogP contribution is 2.21. The second-order valence-electron chi connectivity index (χ2n) is 3.04. The standard InChI is InChI=1S/C10H17/c1-2-7-10-8-5-3-4-6-9-10/h3,5,7,10H,2,4,6,8-9H2,1H3. The van der Waals surface area contributed by atoms with Gasteiger partial charge < -0.3 is 0 Å². The molecule has 0 bridgehead atoms. The van der Waals surface area contributed by atoms with Gasteiger partial charge in [0.15, 0.2) is 0 Å². The lowest BCUT2D eigenvalue weighted by molar-refractivity contribution is 0.537. The second-order valence-corrected chi connectivity index (χ2v) is 3.04. The third-order valence-corrected chi connectivity index (χ3v) is 2.12. The van der Waals surface area contributed by atoms with Crippen molar-refractivity contribution in [2.24, 2.45) is 5.92 Å². The molecule has 1 aliphatic rings. The number of hydrogen-bond donors (Lipinski definition) is 0. The Hall–Kier alpha value is -0.260. The zero-order chi connectivity index (χ0) is 7.23. The number of hydrogen-bond acceptors (Lipinski definition) is 0. The maximum absolute atomic E-state index is 2.45. The topological polar surface area (TPSA) is 0 Å². The zero-order valence-electron chi connectivity index (χ0n) is 6.84. The van der Waals surface area contributed by atoms with Crippen molar-refractivity contribution in [3.63, 3.8) is 0 Å². The SMILES string of the molecule is CC[CH]C1CC=CCCC1. The van der Waals surface area contributed by atoms with Gasteiger partial charge in [0.1, 0.15) is 0 Å². The van der Waals surface area contributed by atoms with Crippen LogP contribution in [0.15, 0.2) is 12.2 Å². The van der Waals surface area contributed by atoms with E-state index in [0.717, 1.165) is 5.92 Å². The van der Waals surface area contributed by atoms with E-state index in [0.29, 0.717) is 0 Å². The highest BCUT2D eigenvalue weighted by Gasteiger charge is 2.06. The normalized spacial score (nSPS) is 26.3. The van der Waals surface area contributed by atoms with Gasteiger partial charge in [-0.2, -0.15) is 0 Å². The van der Waals surface area contributed by atoms with E-state index in [1.54, 1.807) is 0 Å². The Labute approximate surface area is 64.3 Å². The Morgan fingerprint density at radius 1 is 1.50 bits per heavy atom. The van der Waals surface area contributed by atoms with Crippen molar-refractivity contribution in [1.29, 1.82) is 0 Å². The maximum Gasteiger partial charge on any atom is -0.0319 e. The molecule has 0 heteroatoms. The first-order chi connectivity index (χ1) is 4.93. The second kappa shape index (κ2) is 4.54. The molecule has 1 unspecified atom stereocenters. The van der Waals surface area contributed by atoms with Crippen LogP contribution in [0.25, 0.3) is 0 Å². The van der Waals surface area contributed by atoms with Gasteiger partial charge in [0.2, 0.25) is 0 Å². The number of rotatable bonds is 2. The van der Waals surface area contributed by atoms with Crippen LogP contribution >= 0.6 is 0 Å². The van der Waals surface area contributed by atoms with E-state index in [1.165, 1.54) is 32.1 Å². The molecule has 1 radical (unpaired) electrons. The average Bonchev–Trinajstić information content (AvgIpc) is 2.17. The summed E-state index contributed by atoms with van der Waals surface area (Å²) in [5.74, 6) is 0.878. The van der Waals surface area contributed by atoms with Crippen molar-refractivity contribution >= 4 is 0 Å². The molecule has 0 saturated carbocycles. The molecule has 0 nitrogen and oxygen atoms in total. The summed E-state index contributed by atoms with van der Waals surface area (Å²) in [5, 5.41) is 0. The Balaban J connectivity index is 2.23. The van der Waals surface area contributed by atoms with E-state index in [2.05, 4.69) is 25.5 Å². The molecule has 57 valence electrons. The summed E-state index contributed by atoms with van der Waals surface area (Å²) in [6.07, 6.45) is 13.7. The van der Waals surface area contributed by atoms with E-state index in [1.807, 2.05) is 0 Å². The molecule has 0 aromatic carbocycles. The Morgan fingerprint density at radius 2 is 2.40 bits per heavy atom. The first kappa shape index (κ1) is 7.84. The molecule has 0 aromatic heterocycles.